The van der Waals surface area contributed by atoms with E-state index in [0.29, 0.717) is 24.9 Å². The van der Waals surface area contributed by atoms with Crippen LogP contribution in [0.3, 0.4) is 0 Å². The molecule has 5 atom stereocenters. The molecule has 1 aliphatic heterocycles. The molecule has 202 valence electrons. The third-order valence-electron chi connectivity index (χ3n) is 8.92. The van der Waals surface area contributed by atoms with Crippen molar-refractivity contribution in [2.75, 3.05) is 6.61 Å². The average Bonchev–Trinajstić information content (AvgIpc) is 2.74. The second-order valence-corrected chi connectivity index (χ2v) is 12.9. The summed E-state index contributed by atoms with van der Waals surface area (Å²) in [4.78, 5) is 24.2. The Kier molecular flexibility index (Phi) is 8.35. The van der Waals surface area contributed by atoms with E-state index < -0.39 is 22.7 Å². The summed E-state index contributed by atoms with van der Waals surface area (Å²) < 4.78 is 22.2. The second-order valence-electron chi connectivity index (χ2n) is 12.9. The Hall–Kier alpha value is -1.18. The lowest BCUT2D eigenvalue weighted by Gasteiger charge is -2.59. The van der Waals surface area contributed by atoms with E-state index in [1.54, 1.807) is 0 Å². The van der Waals surface area contributed by atoms with Crippen LogP contribution in [-0.2, 0) is 28.5 Å². The van der Waals surface area contributed by atoms with Crippen LogP contribution >= 0.6 is 0 Å². The zero-order valence-corrected chi connectivity index (χ0v) is 23.1. The van der Waals surface area contributed by atoms with Gasteiger partial charge in [0.1, 0.15) is 12.2 Å². The standard InChI is InChI=1S/C16H26O3.C12H22O4/c1-4-14(2,3)13(17)19-16-8-11-5-12(9-16)7-15(18,6-11)10-16;1-6-12(4,5)11(13)16-10-7-14-8(2)9(3)15-10/h11-12,18H,4-10H2,1-3H3;8-10H,6-7H2,1-5H3. The summed E-state index contributed by atoms with van der Waals surface area (Å²) in [6, 6.07) is 0. The van der Waals surface area contributed by atoms with Gasteiger partial charge in [-0.2, -0.15) is 0 Å². The van der Waals surface area contributed by atoms with Crippen LogP contribution < -0.4 is 0 Å². The van der Waals surface area contributed by atoms with Gasteiger partial charge in [-0.1, -0.05) is 13.8 Å². The first-order valence-electron chi connectivity index (χ1n) is 13.6. The van der Waals surface area contributed by atoms with Crippen LogP contribution in [0, 0.1) is 22.7 Å². The summed E-state index contributed by atoms with van der Waals surface area (Å²) in [5.74, 6) is 0.804. The van der Waals surface area contributed by atoms with Gasteiger partial charge < -0.3 is 24.1 Å². The van der Waals surface area contributed by atoms with E-state index >= 15 is 0 Å². The minimum Gasteiger partial charge on any atom is -0.459 e. The fourth-order valence-electron chi connectivity index (χ4n) is 5.97. The Balaban J connectivity index is 0.000000199. The van der Waals surface area contributed by atoms with Crippen LogP contribution in [0.5, 0.6) is 0 Å². The summed E-state index contributed by atoms with van der Waals surface area (Å²) in [6.07, 6.45) is 6.63. The number of hydrogen-bond acceptors (Lipinski definition) is 7. The molecule has 0 spiro atoms. The molecule has 1 N–H and O–H groups in total. The predicted octanol–water partition coefficient (Wildman–Crippen LogP) is 5.17. The van der Waals surface area contributed by atoms with Gasteiger partial charge in [0.15, 0.2) is 0 Å². The van der Waals surface area contributed by atoms with Gasteiger partial charge in [-0.05, 0) is 98.3 Å². The SMILES string of the molecule is CCC(C)(C)C(=O)OC12CC3CC(CC(O)(C3)C1)C2.CCC(C)(C)C(=O)OC1COC(C)C(C)O1. The molecule has 0 amide bonds. The molecule has 5 fully saturated rings. The number of esters is 2. The Bertz CT molecular complexity index is 759. The molecule has 7 nitrogen and oxygen atoms in total. The molecular weight excluding hydrogens is 448 g/mol. The number of hydrogen-bond donors (Lipinski definition) is 1. The Morgan fingerprint density at radius 1 is 0.914 bits per heavy atom. The second kappa shape index (κ2) is 10.3. The summed E-state index contributed by atoms with van der Waals surface area (Å²) in [5.41, 5.74) is -1.79. The van der Waals surface area contributed by atoms with Gasteiger partial charge in [0, 0.05) is 6.42 Å². The monoisotopic (exact) mass is 496 g/mol. The highest BCUT2D eigenvalue weighted by molar-refractivity contribution is 5.76. The quantitative estimate of drug-likeness (QED) is 0.508. The van der Waals surface area contributed by atoms with E-state index in [4.69, 9.17) is 18.9 Å². The summed E-state index contributed by atoms with van der Waals surface area (Å²) in [5, 5.41) is 10.6. The van der Waals surface area contributed by atoms with Gasteiger partial charge in [-0.15, -0.1) is 0 Å². The van der Waals surface area contributed by atoms with Crippen LogP contribution in [0.2, 0.25) is 0 Å². The molecule has 0 aromatic rings. The zero-order chi connectivity index (χ0) is 26.2. The van der Waals surface area contributed by atoms with Crippen molar-refractivity contribution in [2.45, 2.75) is 136 Å². The predicted molar refractivity (Wildman–Crippen MR) is 132 cm³/mol. The summed E-state index contributed by atoms with van der Waals surface area (Å²) >= 11 is 0. The minimum absolute atomic E-state index is 0.0451. The fourth-order valence-corrected chi connectivity index (χ4v) is 5.97. The molecule has 0 aromatic carbocycles. The van der Waals surface area contributed by atoms with Gasteiger partial charge >= 0.3 is 11.9 Å². The molecule has 4 bridgehead atoms. The minimum atomic E-state index is -0.565. The van der Waals surface area contributed by atoms with Crippen LogP contribution in [0.15, 0.2) is 0 Å². The van der Waals surface area contributed by atoms with Crippen molar-refractivity contribution < 1.29 is 33.6 Å². The highest BCUT2D eigenvalue weighted by Crippen LogP contribution is 2.59. The molecule has 35 heavy (non-hydrogen) atoms. The van der Waals surface area contributed by atoms with Crippen molar-refractivity contribution in [1.29, 1.82) is 0 Å². The topological polar surface area (TPSA) is 91.3 Å². The highest BCUT2D eigenvalue weighted by Gasteiger charge is 2.59. The smallest absolute Gasteiger partial charge is 0.313 e. The molecule has 0 radical (unpaired) electrons. The summed E-state index contributed by atoms with van der Waals surface area (Å²) in [7, 11) is 0. The van der Waals surface area contributed by atoms with E-state index in [0.717, 1.165) is 38.5 Å². The van der Waals surface area contributed by atoms with E-state index in [9.17, 15) is 14.7 Å². The average molecular weight is 497 g/mol. The van der Waals surface area contributed by atoms with Crippen LogP contribution in [0.4, 0.5) is 0 Å². The molecule has 1 saturated heterocycles. The maximum absolute atomic E-state index is 12.4. The van der Waals surface area contributed by atoms with Gasteiger partial charge in [-0.3, -0.25) is 9.59 Å². The number of aliphatic hydroxyl groups is 1. The van der Waals surface area contributed by atoms with Gasteiger partial charge in [0.05, 0.1) is 28.6 Å². The molecule has 5 rings (SSSR count). The van der Waals surface area contributed by atoms with Crippen molar-refractivity contribution >= 4 is 11.9 Å². The molecule has 4 saturated carbocycles. The lowest BCUT2D eigenvalue weighted by atomic mass is 9.52. The highest BCUT2D eigenvalue weighted by atomic mass is 16.7. The maximum Gasteiger partial charge on any atom is 0.313 e. The van der Waals surface area contributed by atoms with E-state index in [2.05, 4.69) is 0 Å². The van der Waals surface area contributed by atoms with Crippen LogP contribution in [-0.4, -0.2) is 53.4 Å². The Morgan fingerprint density at radius 2 is 1.46 bits per heavy atom. The Labute approximate surface area is 211 Å². The first-order chi connectivity index (χ1) is 16.1. The van der Waals surface area contributed by atoms with Crippen molar-refractivity contribution in [1.82, 2.24) is 0 Å². The Morgan fingerprint density at radius 3 is 1.94 bits per heavy atom. The van der Waals surface area contributed by atoms with Crippen molar-refractivity contribution in [2.24, 2.45) is 22.7 Å². The number of rotatable bonds is 6. The zero-order valence-electron chi connectivity index (χ0n) is 23.1. The van der Waals surface area contributed by atoms with Crippen molar-refractivity contribution in [3.05, 3.63) is 0 Å². The molecule has 4 aliphatic carbocycles. The van der Waals surface area contributed by atoms with E-state index in [-0.39, 0.29) is 29.7 Å². The molecule has 5 aliphatic rings. The van der Waals surface area contributed by atoms with Crippen molar-refractivity contribution in [3.8, 4) is 0 Å². The molecular formula is C28H48O7. The van der Waals surface area contributed by atoms with E-state index in [1.807, 2.05) is 55.4 Å². The molecule has 7 heteroatoms. The van der Waals surface area contributed by atoms with Gasteiger partial charge in [0.2, 0.25) is 6.29 Å². The third-order valence-corrected chi connectivity index (χ3v) is 8.92. The first-order valence-corrected chi connectivity index (χ1v) is 13.6. The van der Waals surface area contributed by atoms with Crippen LogP contribution in [0.25, 0.3) is 0 Å². The largest absolute Gasteiger partial charge is 0.459 e. The summed E-state index contributed by atoms with van der Waals surface area (Å²) in [6.45, 7) is 15.8. The van der Waals surface area contributed by atoms with E-state index in [1.165, 1.54) is 6.42 Å². The lowest BCUT2D eigenvalue weighted by molar-refractivity contribution is -0.256. The van der Waals surface area contributed by atoms with Gasteiger partial charge in [0.25, 0.3) is 0 Å². The lowest BCUT2D eigenvalue weighted by Crippen LogP contribution is -2.61. The molecule has 5 unspecified atom stereocenters. The number of carbonyl (C=O) groups excluding carboxylic acids is 2. The van der Waals surface area contributed by atoms with Crippen molar-refractivity contribution in [3.63, 3.8) is 0 Å². The fraction of sp³-hybridized carbons (Fsp3) is 0.929. The normalized spacial score (nSPS) is 38.4. The number of carbonyl (C=O) groups is 2. The van der Waals surface area contributed by atoms with Crippen LogP contribution in [0.1, 0.15) is 107 Å². The molecule has 1 heterocycles. The number of ether oxygens (including phenoxy) is 4. The van der Waals surface area contributed by atoms with Gasteiger partial charge in [-0.25, -0.2) is 0 Å². The molecule has 0 aromatic heterocycles. The first kappa shape index (κ1) is 28.4. The third kappa shape index (κ3) is 6.58. The maximum atomic E-state index is 12.4.